The Morgan fingerprint density at radius 1 is 1.17 bits per heavy atom. The van der Waals surface area contributed by atoms with Crippen molar-refractivity contribution < 1.29 is 52.2 Å². The molecule has 6 rings (SSSR count). The van der Waals surface area contributed by atoms with Gasteiger partial charge in [-0.2, -0.15) is 13.2 Å². The average molecular weight is 701 g/mol. The number of carboxylic acids is 2. The summed E-state index contributed by atoms with van der Waals surface area (Å²) in [6.45, 7) is 1.37. The van der Waals surface area contributed by atoms with Gasteiger partial charge in [0.15, 0.2) is 10.8 Å². The first-order valence-corrected chi connectivity index (χ1v) is 16.6. The topological polar surface area (TPSA) is 205 Å². The summed E-state index contributed by atoms with van der Waals surface area (Å²) in [4.78, 5) is 73.3. The summed E-state index contributed by atoms with van der Waals surface area (Å²) in [7, 11) is 0. The zero-order valence-electron chi connectivity index (χ0n) is 24.7. The van der Waals surface area contributed by atoms with Crippen molar-refractivity contribution in [3.63, 3.8) is 0 Å². The number of alkyl halides is 3. The number of hydrogen-bond acceptors (Lipinski definition) is 11. The van der Waals surface area contributed by atoms with Crippen molar-refractivity contribution in [3.05, 3.63) is 34.0 Å². The third-order valence-corrected chi connectivity index (χ3v) is 10.0. The number of nitrogen functional groups attached to an aromatic ring is 1. The zero-order chi connectivity index (χ0) is 34.0. The van der Waals surface area contributed by atoms with Crippen molar-refractivity contribution in [1.29, 1.82) is 0 Å². The zero-order valence-corrected chi connectivity index (χ0v) is 26.3. The second-order valence-electron chi connectivity index (χ2n) is 11.5. The van der Waals surface area contributed by atoms with Crippen LogP contribution in [0.1, 0.15) is 50.6 Å². The SMILES string of the molecule is Nc1nc(C(=NOC2CCCC2)C(=O)N[C@@H]2C(=O)N3C(C(=O)O)=C(C=C4CCN(CC5CC5)C4=O)CS[C@H]23)cs1.O=C(O)C(F)(F)F. The number of hydrogen-bond donors (Lipinski definition) is 4. The molecule has 4 fully saturated rings. The van der Waals surface area contributed by atoms with E-state index in [1.165, 1.54) is 16.7 Å². The lowest BCUT2D eigenvalue weighted by molar-refractivity contribution is -0.192. The maximum atomic E-state index is 13.3. The van der Waals surface area contributed by atoms with Gasteiger partial charge >= 0.3 is 18.1 Å². The van der Waals surface area contributed by atoms with Gasteiger partial charge in [0.25, 0.3) is 11.8 Å². The lowest BCUT2D eigenvalue weighted by Crippen LogP contribution is -2.71. The van der Waals surface area contributed by atoms with Gasteiger partial charge in [-0.3, -0.25) is 19.3 Å². The van der Waals surface area contributed by atoms with Crippen LogP contribution in [-0.2, 0) is 28.8 Å². The summed E-state index contributed by atoms with van der Waals surface area (Å²) in [6.07, 6.45) is 3.05. The fraction of sp³-hybridized carbons (Fsp3) is 0.536. The van der Waals surface area contributed by atoms with Crippen molar-refractivity contribution in [2.75, 3.05) is 24.6 Å². The first-order valence-electron chi connectivity index (χ1n) is 14.7. The number of thioether (sulfide) groups is 1. The molecule has 2 aliphatic carbocycles. The van der Waals surface area contributed by atoms with Crippen molar-refractivity contribution in [1.82, 2.24) is 20.1 Å². The number of nitrogens with zero attached hydrogens (tertiary/aromatic N) is 4. The fourth-order valence-electron chi connectivity index (χ4n) is 5.48. The average Bonchev–Trinajstić information content (AvgIpc) is 3.32. The Morgan fingerprint density at radius 2 is 1.85 bits per heavy atom. The predicted molar refractivity (Wildman–Crippen MR) is 162 cm³/mol. The van der Waals surface area contributed by atoms with Crippen LogP contribution in [0.25, 0.3) is 0 Å². The van der Waals surface area contributed by atoms with E-state index in [4.69, 9.17) is 20.5 Å². The first kappa shape index (κ1) is 34.2. The van der Waals surface area contributed by atoms with Crippen molar-refractivity contribution in [2.24, 2.45) is 11.1 Å². The molecular formula is C28H31F3N6O8S2. The molecule has 0 unspecified atom stereocenters. The number of halogens is 3. The quantitative estimate of drug-likeness (QED) is 0.127. The molecule has 3 aliphatic heterocycles. The molecule has 1 aromatic heterocycles. The Balaban J connectivity index is 0.000000559. The smallest absolute Gasteiger partial charge is 0.477 e. The third-order valence-electron chi connectivity index (χ3n) is 8.04. The molecule has 5 N–H and O–H groups in total. The molecular weight excluding hydrogens is 669 g/mol. The van der Waals surface area contributed by atoms with Gasteiger partial charge in [-0.1, -0.05) is 5.16 Å². The van der Waals surface area contributed by atoms with Gasteiger partial charge < -0.3 is 31.0 Å². The van der Waals surface area contributed by atoms with E-state index in [9.17, 15) is 37.5 Å². The van der Waals surface area contributed by atoms with Crippen LogP contribution in [-0.4, -0.2) is 103 Å². The Labute approximate surface area is 273 Å². The van der Waals surface area contributed by atoms with Crippen LogP contribution in [0.3, 0.4) is 0 Å². The highest BCUT2D eigenvalue weighted by Crippen LogP contribution is 2.41. The number of fused-ring (bicyclic) bond motifs is 1. The molecule has 5 aliphatic rings. The Kier molecular flexibility index (Phi) is 10.1. The van der Waals surface area contributed by atoms with Crippen molar-refractivity contribution >= 4 is 63.6 Å². The van der Waals surface area contributed by atoms with Gasteiger partial charge in [0.05, 0.1) is 0 Å². The Hall–Kier alpha value is -4.13. The number of carboxylic acid groups (broad SMARTS) is 2. The number of amides is 3. The number of β-lactam (4-membered cyclic amide) rings is 1. The number of thiazole rings is 1. The molecule has 0 spiro atoms. The maximum Gasteiger partial charge on any atom is 0.490 e. The summed E-state index contributed by atoms with van der Waals surface area (Å²) in [5.74, 6) is -4.40. The number of aliphatic carboxylic acids is 2. The minimum atomic E-state index is -5.08. The largest absolute Gasteiger partial charge is 0.490 e. The number of carbonyl (C=O) groups excluding carboxylic acids is 3. The van der Waals surface area contributed by atoms with E-state index in [0.717, 1.165) is 56.4 Å². The van der Waals surface area contributed by atoms with E-state index in [1.54, 1.807) is 11.5 Å². The van der Waals surface area contributed by atoms with E-state index < -0.39 is 41.3 Å². The van der Waals surface area contributed by atoms with Gasteiger partial charge in [-0.25, -0.2) is 14.6 Å². The van der Waals surface area contributed by atoms with E-state index in [2.05, 4.69) is 15.5 Å². The lowest BCUT2D eigenvalue weighted by atomic mass is 10.0. The summed E-state index contributed by atoms with van der Waals surface area (Å²) < 4.78 is 31.7. The van der Waals surface area contributed by atoms with Crippen LogP contribution in [0.15, 0.2) is 33.5 Å². The standard InChI is InChI=1S/C26H30N6O6S2.C2HF3O2/c27-26-28-17(12-40-26)18(30-38-16-3-1-2-4-16)21(33)29-19-23(35)32-20(25(36)37)15(11-39-24(19)32)9-14-7-8-31(22(14)34)10-13-5-6-13;3-2(4,5)1(6)7/h9,12-13,16,19,24H,1-8,10-11H2,(H2,27,28)(H,29,33)(H,36,37);(H,6,7)/t19-,24-;/m1./s1. The minimum Gasteiger partial charge on any atom is -0.477 e. The molecule has 47 heavy (non-hydrogen) atoms. The van der Waals surface area contributed by atoms with Crippen LogP contribution in [0.2, 0.25) is 0 Å². The first-order chi connectivity index (χ1) is 22.2. The molecule has 0 bridgehead atoms. The normalized spacial score (nSPS) is 24.1. The number of aromatic nitrogens is 1. The minimum absolute atomic E-state index is 0.0642. The molecule has 0 radical (unpaired) electrons. The van der Waals surface area contributed by atoms with Gasteiger partial charge in [-0.05, 0) is 62.5 Å². The second-order valence-corrected chi connectivity index (χ2v) is 13.5. The van der Waals surface area contributed by atoms with Crippen molar-refractivity contribution in [3.8, 4) is 0 Å². The summed E-state index contributed by atoms with van der Waals surface area (Å²) in [5.41, 5.74) is 6.77. The predicted octanol–water partition coefficient (Wildman–Crippen LogP) is 2.33. The maximum absolute atomic E-state index is 13.3. The van der Waals surface area contributed by atoms with Gasteiger partial charge in [0.2, 0.25) is 5.91 Å². The molecule has 19 heteroatoms. The van der Waals surface area contributed by atoms with Crippen LogP contribution < -0.4 is 11.1 Å². The third kappa shape index (κ3) is 7.89. The number of carbonyl (C=O) groups is 5. The summed E-state index contributed by atoms with van der Waals surface area (Å²) in [6, 6.07) is -0.948. The highest BCUT2D eigenvalue weighted by atomic mass is 32.2. The molecule has 1 aromatic rings. The number of anilines is 1. The molecule has 0 aromatic carbocycles. The number of nitrogens with one attached hydrogen (secondary N) is 1. The molecule has 3 amide bonds. The highest BCUT2D eigenvalue weighted by molar-refractivity contribution is 8.00. The summed E-state index contributed by atoms with van der Waals surface area (Å²) >= 11 is 2.50. The van der Waals surface area contributed by atoms with E-state index in [0.29, 0.717) is 30.0 Å². The monoisotopic (exact) mass is 700 g/mol. The van der Waals surface area contributed by atoms with E-state index in [-0.39, 0.29) is 40.0 Å². The van der Waals surface area contributed by atoms with Crippen LogP contribution in [0.5, 0.6) is 0 Å². The highest BCUT2D eigenvalue weighted by Gasteiger charge is 2.54. The fourth-order valence-corrected chi connectivity index (χ4v) is 7.34. The number of oxime groups is 1. The molecule has 14 nitrogen and oxygen atoms in total. The Morgan fingerprint density at radius 3 is 2.43 bits per heavy atom. The van der Waals surface area contributed by atoms with Gasteiger partial charge in [0, 0.05) is 29.8 Å². The second kappa shape index (κ2) is 13.9. The number of nitrogens with two attached hydrogens (primary N) is 1. The van der Waals surface area contributed by atoms with E-state index in [1.807, 2.05) is 4.90 Å². The lowest BCUT2D eigenvalue weighted by Gasteiger charge is -2.49. The van der Waals surface area contributed by atoms with Crippen molar-refractivity contribution in [2.45, 2.75) is 68.6 Å². The molecule has 4 heterocycles. The molecule has 254 valence electrons. The van der Waals surface area contributed by atoms with Crippen LogP contribution >= 0.6 is 23.1 Å². The summed E-state index contributed by atoms with van der Waals surface area (Å²) in [5, 5.41) is 25.2. The van der Waals surface area contributed by atoms with Gasteiger partial charge in [-0.15, -0.1) is 23.1 Å². The Bertz CT molecular complexity index is 1550. The molecule has 2 saturated carbocycles. The number of rotatable bonds is 9. The van der Waals surface area contributed by atoms with Crippen LogP contribution in [0, 0.1) is 5.92 Å². The van der Waals surface area contributed by atoms with Gasteiger partial charge in [0.1, 0.15) is 28.9 Å². The number of likely N-dealkylation sites (tertiary alicyclic amines) is 1. The van der Waals surface area contributed by atoms with E-state index >= 15 is 0 Å². The molecule has 2 atom stereocenters. The van der Waals surface area contributed by atoms with Crippen LogP contribution in [0.4, 0.5) is 18.3 Å². The molecule has 2 saturated heterocycles. The number of allylic oxidation sites excluding steroid dienone is 1.